The van der Waals surface area contributed by atoms with E-state index >= 15 is 0 Å². The second-order valence-electron chi connectivity index (χ2n) is 10.1. The van der Waals surface area contributed by atoms with Crippen LogP contribution in [0.1, 0.15) is 5.56 Å². The first-order valence-corrected chi connectivity index (χ1v) is 13.8. The van der Waals surface area contributed by atoms with E-state index in [9.17, 15) is 5.26 Å². The van der Waals surface area contributed by atoms with Gasteiger partial charge in [-0.3, -0.25) is 0 Å². The van der Waals surface area contributed by atoms with Crippen LogP contribution in [0.2, 0.25) is 0 Å². The summed E-state index contributed by atoms with van der Waals surface area (Å²) in [6.07, 6.45) is 0. The van der Waals surface area contributed by atoms with Gasteiger partial charge in [0.05, 0.1) is 11.6 Å². The lowest BCUT2D eigenvalue weighted by atomic mass is 9.95. The molecular weight excluding hydrogens is 512 g/mol. The van der Waals surface area contributed by atoms with Gasteiger partial charge < -0.3 is 0 Å². The van der Waals surface area contributed by atoms with Crippen molar-refractivity contribution in [2.75, 3.05) is 0 Å². The molecule has 7 aromatic rings. The van der Waals surface area contributed by atoms with Gasteiger partial charge in [-0.2, -0.15) is 5.26 Å². The molecule has 0 spiro atoms. The average molecular weight is 537 g/mol. The molecule has 4 heteroatoms. The average Bonchev–Trinajstić information content (AvgIpc) is 3.08. The third-order valence-corrected chi connectivity index (χ3v) is 7.36. The van der Waals surface area contributed by atoms with Crippen LogP contribution in [0, 0.1) is 11.3 Å². The number of benzene rings is 6. The van der Waals surface area contributed by atoms with Crippen LogP contribution >= 0.6 is 0 Å². The van der Waals surface area contributed by atoms with Gasteiger partial charge in [-0.1, -0.05) is 127 Å². The van der Waals surface area contributed by atoms with Gasteiger partial charge in [0, 0.05) is 16.7 Å². The van der Waals surface area contributed by atoms with Crippen molar-refractivity contribution >= 4 is 10.8 Å². The molecule has 0 aliphatic rings. The molecule has 0 radical (unpaired) electrons. The second kappa shape index (κ2) is 10.9. The number of fused-ring (bicyclic) bond motifs is 1. The number of hydrogen-bond donors (Lipinski definition) is 0. The van der Waals surface area contributed by atoms with Crippen LogP contribution in [0.4, 0.5) is 0 Å². The minimum Gasteiger partial charge on any atom is -0.208 e. The standard InChI is InChI=1S/C38H24N4/c39-25-34-24-32(28-18-16-27(17-19-28)26-10-4-1-5-11-26)23-33-22-31(20-21-35(33)34)38-41-36(29-12-6-2-7-13-29)40-37(42-38)30-14-8-3-9-15-30/h1-24H. The maximum atomic E-state index is 10.0. The van der Waals surface area contributed by atoms with E-state index in [2.05, 4.69) is 54.6 Å². The Bertz CT molecular complexity index is 2010. The minimum atomic E-state index is 0.584. The molecule has 0 aliphatic carbocycles. The van der Waals surface area contributed by atoms with E-state index in [1.165, 1.54) is 5.56 Å². The molecule has 42 heavy (non-hydrogen) atoms. The summed E-state index contributed by atoms with van der Waals surface area (Å²) in [5, 5.41) is 11.9. The summed E-state index contributed by atoms with van der Waals surface area (Å²) in [6, 6.07) is 51.2. The van der Waals surface area contributed by atoms with Gasteiger partial charge in [-0.05, 0) is 51.2 Å². The zero-order valence-corrected chi connectivity index (χ0v) is 22.6. The normalized spacial score (nSPS) is 10.8. The predicted octanol–water partition coefficient (Wildman–Crippen LogP) is 9.23. The molecule has 0 bridgehead atoms. The molecule has 0 fully saturated rings. The van der Waals surface area contributed by atoms with Crippen LogP contribution in [-0.4, -0.2) is 15.0 Å². The van der Waals surface area contributed by atoms with Gasteiger partial charge in [0.1, 0.15) is 0 Å². The molecular formula is C38H24N4. The first-order chi connectivity index (χ1) is 20.7. The zero-order valence-electron chi connectivity index (χ0n) is 22.6. The lowest BCUT2D eigenvalue weighted by molar-refractivity contribution is 1.07. The van der Waals surface area contributed by atoms with E-state index < -0.39 is 0 Å². The minimum absolute atomic E-state index is 0.584. The Morgan fingerprint density at radius 1 is 0.381 bits per heavy atom. The lowest BCUT2D eigenvalue weighted by Crippen LogP contribution is -2.00. The molecule has 0 atom stereocenters. The largest absolute Gasteiger partial charge is 0.208 e. The first kappa shape index (κ1) is 25.1. The molecule has 0 saturated carbocycles. The lowest BCUT2D eigenvalue weighted by Gasteiger charge is -2.11. The van der Waals surface area contributed by atoms with E-state index in [1.54, 1.807) is 0 Å². The Morgan fingerprint density at radius 2 is 0.786 bits per heavy atom. The Kier molecular flexibility index (Phi) is 6.52. The third-order valence-electron chi connectivity index (χ3n) is 7.36. The highest BCUT2D eigenvalue weighted by Crippen LogP contribution is 2.32. The zero-order chi connectivity index (χ0) is 28.3. The topological polar surface area (TPSA) is 62.5 Å². The van der Waals surface area contributed by atoms with Gasteiger partial charge in [-0.15, -0.1) is 0 Å². The molecule has 4 nitrogen and oxygen atoms in total. The molecule has 0 N–H and O–H groups in total. The summed E-state index contributed by atoms with van der Waals surface area (Å²) in [5.74, 6) is 1.81. The van der Waals surface area contributed by atoms with E-state index in [4.69, 9.17) is 15.0 Å². The fourth-order valence-electron chi connectivity index (χ4n) is 5.19. The Labute approximate surface area is 244 Å². The van der Waals surface area contributed by atoms with E-state index in [0.717, 1.165) is 44.2 Å². The summed E-state index contributed by atoms with van der Waals surface area (Å²) in [7, 11) is 0. The first-order valence-electron chi connectivity index (χ1n) is 13.8. The number of hydrogen-bond acceptors (Lipinski definition) is 4. The highest BCUT2D eigenvalue weighted by molar-refractivity contribution is 5.94. The highest BCUT2D eigenvalue weighted by atomic mass is 15.0. The Morgan fingerprint density at radius 3 is 1.31 bits per heavy atom. The van der Waals surface area contributed by atoms with Gasteiger partial charge in [-0.25, -0.2) is 15.0 Å². The van der Waals surface area contributed by atoms with Crippen molar-refractivity contribution in [1.29, 1.82) is 5.26 Å². The predicted molar refractivity (Wildman–Crippen MR) is 169 cm³/mol. The fourth-order valence-corrected chi connectivity index (χ4v) is 5.19. The van der Waals surface area contributed by atoms with Crippen LogP contribution in [-0.2, 0) is 0 Å². The van der Waals surface area contributed by atoms with E-state index in [-0.39, 0.29) is 0 Å². The quantitative estimate of drug-likeness (QED) is 0.220. The van der Waals surface area contributed by atoms with Crippen LogP contribution in [0.15, 0.2) is 146 Å². The van der Waals surface area contributed by atoms with E-state index in [1.807, 2.05) is 97.1 Å². The molecule has 1 aromatic heterocycles. The summed E-state index contributed by atoms with van der Waals surface area (Å²) >= 11 is 0. The van der Waals surface area contributed by atoms with Crippen molar-refractivity contribution in [3.63, 3.8) is 0 Å². The van der Waals surface area contributed by atoms with Gasteiger partial charge in [0.25, 0.3) is 0 Å². The molecule has 1 heterocycles. The Hall–Kier alpha value is -5.92. The van der Waals surface area contributed by atoms with Crippen molar-refractivity contribution < 1.29 is 0 Å². The molecule has 0 aliphatic heterocycles. The number of nitrogens with zero attached hydrogens (tertiary/aromatic N) is 4. The van der Waals surface area contributed by atoms with Crippen molar-refractivity contribution in [3.8, 4) is 62.5 Å². The number of nitriles is 1. The fraction of sp³-hybridized carbons (Fsp3) is 0. The molecule has 0 saturated heterocycles. The number of rotatable bonds is 5. The third kappa shape index (κ3) is 4.92. The SMILES string of the molecule is N#Cc1cc(-c2ccc(-c3ccccc3)cc2)cc2cc(-c3nc(-c4ccccc4)nc(-c4ccccc4)n3)ccc12. The second-order valence-corrected chi connectivity index (χ2v) is 10.1. The molecule has 196 valence electrons. The van der Waals surface area contributed by atoms with Crippen LogP contribution in [0.5, 0.6) is 0 Å². The van der Waals surface area contributed by atoms with Gasteiger partial charge in [0.2, 0.25) is 0 Å². The number of aromatic nitrogens is 3. The Balaban J connectivity index is 1.34. The molecule has 0 unspecified atom stereocenters. The summed E-state index contributed by atoms with van der Waals surface area (Å²) < 4.78 is 0. The molecule has 0 amide bonds. The van der Waals surface area contributed by atoms with Crippen molar-refractivity contribution in [1.82, 2.24) is 15.0 Å². The smallest absolute Gasteiger partial charge is 0.164 e. The van der Waals surface area contributed by atoms with E-state index in [0.29, 0.717) is 23.0 Å². The van der Waals surface area contributed by atoms with Gasteiger partial charge >= 0.3 is 0 Å². The summed E-state index contributed by atoms with van der Waals surface area (Å²) in [4.78, 5) is 14.6. The van der Waals surface area contributed by atoms with Crippen LogP contribution in [0.25, 0.3) is 67.2 Å². The van der Waals surface area contributed by atoms with Crippen molar-refractivity contribution in [2.45, 2.75) is 0 Å². The van der Waals surface area contributed by atoms with Crippen molar-refractivity contribution in [3.05, 3.63) is 151 Å². The highest BCUT2D eigenvalue weighted by Gasteiger charge is 2.14. The summed E-state index contributed by atoms with van der Waals surface area (Å²) in [6.45, 7) is 0. The summed E-state index contributed by atoms with van der Waals surface area (Å²) in [5.41, 5.74) is 7.71. The van der Waals surface area contributed by atoms with Crippen molar-refractivity contribution in [2.24, 2.45) is 0 Å². The monoisotopic (exact) mass is 536 g/mol. The van der Waals surface area contributed by atoms with Gasteiger partial charge in [0.15, 0.2) is 17.5 Å². The molecule has 7 rings (SSSR count). The maximum Gasteiger partial charge on any atom is 0.164 e. The van der Waals surface area contributed by atoms with Crippen LogP contribution in [0.3, 0.4) is 0 Å². The molecule has 6 aromatic carbocycles. The maximum absolute atomic E-state index is 10.0. The van der Waals surface area contributed by atoms with Crippen LogP contribution < -0.4 is 0 Å².